The molecule has 0 bridgehead atoms. The zero-order valence-electron chi connectivity index (χ0n) is 3.01. The van der Waals surface area contributed by atoms with E-state index in [0.29, 0.717) is 0 Å². The summed E-state index contributed by atoms with van der Waals surface area (Å²) >= 11 is -3.29. The average Bonchev–Trinajstić information content (AvgIpc) is 0.722. The van der Waals surface area contributed by atoms with Crippen LogP contribution < -0.4 is 0 Å². The molecule has 7 heteroatoms. The normalized spacial score (nSPS) is 8.57. The fourth-order valence-electron chi connectivity index (χ4n) is 0. The van der Waals surface area contributed by atoms with Gasteiger partial charge in [-0.1, -0.05) is 0 Å². The second kappa shape index (κ2) is 7.66. The van der Waals surface area contributed by atoms with Gasteiger partial charge in [-0.15, -0.1) is 0 Å². The standard InChI is InChI=1S/4ClH.Sn.Ti.Zr/h4*1H;;;/q;;;;+4;;/p-4. The predicted molar refractivity (Wildman–Crippen MR) is 29.2 cm³/mol. The van der Waals surface area contributed by atoms with E-state index in [1.807, 2.05) is 0 Å². The van der Waals surface area contributed by atoms with Gasteiger partial charge in [-0.3, -0.25) is 0 Å². The molecule has 0 radical (unpaired) electrons. The van der Waals surface area contributed by atoms with Crippen molar-refractivity contribution in [3.63, 3.8) is 0 Å². The van der Waals surface area contributed by atoms with E-state index in [0.717, 1.165) is 0 Å². The third-order valence-corrected chi connectivity index (χ3v) is 0. The Balaban J connectivity index is -0.0000000800. The van der Waals surface area contributed by atoms with E-state index in [4.69, 9.17) is 35.7 Å². The van der Waals surface area contributed by atoms with Gasteiger partial charge in [0.2, 0.25) is 0 Å². The summed E-state index contributed by atoms with van der Waals surface area (Å²) in [4.78, 5) is 0. The fraction of sp³-hybridized carbons (Fsp3) is 0. The molecule has 7 heavy (non-hydrogen) atoms. The Hall–Kier alpha value is 3.56. The molecule has 0 nitrogen and oxygen atoms in total. The molecular formula is Cl4SnTiZr. The van der Waals surface area contributed by atoms with E-state index in [2.05, 4.69) is 0 Å². The monoisotopic (exact) mass is 398 g/mol. The van der Waals surface area contributed by atoms with Crippen molar-refractivity contribution >= 4 is 49.6 Å². The first-order chi connectivity index (χ1) is 2.00. The Morgan fingerprint density at radius 1 is 0.857 bits per heavy atom. The molecule has 0 amide bonds. The summed E-state index contributed by atoms with van der Waals surface area (Å²) in [6, 6.07) is 0. The summed E-state index contributed by atoms with van der Waals surface area (Å²) in [5, 5.41) is 0. The average molecular weight is 400 g/mol. The zero-order valence-corrected chi connectivity index (χ0v) is 12.9. The van der Waals surface area contributed by atoms with Crippen LogP contribution >= 0.6 is 35.7 Å². The molecule has 0 saturated carbocycles. The van der Waals surface area contributed by atoms with Crippen LogP contribution in [0.15, 0.2) is 0 Å². The molecule has 0 aromatic heterocycles. The maximum absolute atomic E-state index is 5.04. The molecule has 0 aromatic rings. The van der Waals surface area contributed by atoms with E-state index >= 15 is 0 Å². The first kappa shape index (κ1) is 16.9. The molecule has 0 fully saturated rings. The summed E-state index contributed by atoms with van der Waals surface area (Å²) < 4.78 is 0. The van der Waals surface area contributed by atoms with Crippen LogP contribution in [0, 0.1) is 0 Å². The molecular weight excluding hydrogens is 400 g/mol. The Kier molecular flexibility index (Phi) is 18.5. The smallest absolute Gasteiger partial charge is 0 e. The van der Waals surface area contributed by atoms with Gasteiger partial charge in [0.15, 0.2) is 0 Å². The Bertz CT molecular complexity index is 27.2. The van der Waals surface area contributed by atoms with Crippen molar-refractivity contribution in [3.8, 4) is 0 Å². The molecule has 40 valence electrons. The minimum Gasteiger partial charge on any atom is 0 e. The number of hydrogen-bond donors (Lipinski definition) is 0. The Labute approximate surface area is 95.3 Å². The van der Waals surface area contributed by atoms with Crippen LogP contribution in [0.25, 0.3) is 0 Å². The van der Waals surface area contributed by atoms with Crippen molar-refractivity contribution in [1.29, 1.82) is 0 Å². The van der Waals surface area contributed by atoms with Crippen LogP contribution in [0.2, 0.25) is 0 Å². The molecule has 0 rings (SSSR count). The van der Waals surface area contributed by atoms with Gasteiger partial charge in [0.05, 0.1) is 0 Å². The van der Waals surface area contributed by atoms with Crippen molar-refractivity contribution in [2.75, 3.05) is 0 Å². The van der Waals surface area contributed by atoms with Gasteiger partial charge in [-0.25, -0.2) is 0 Å². The quantitative estimate of drug-likeness (QED) is 0.549. The van der Waals surface area contributed by atoms with Crippen LogP contribution in [-0.2, 0) is 47.9 Å². The maximum Gasteiger partial charge on any atom is 0 e. The summed E-state index contributed by atoms with van der Waals surface area (Å²) in [5.74, 6) is 0. The van der Waals surface area contributed by atoms with E-state index in [-0.39, 0.29) is 47.9 Å². The number of rotatable bonds is 0. The second-order valence-electron chi connectivity index (χ2n) is 0.429. The Morgan fingerprint density at radius 3 is 0.857 bits per heavy atom. The molecule has 0 heterocycles. The predicted octanol–water partition coefficient (Wildman–Crippen LogP) is 2.37. The molecule has 0 saturated heterocycles. The van der Waals surface area contributed by atoms with E-state index in [9.17, 15) is 0 Å². The third-order valence-electron chi connectivity index (χ3n) is 0. The summed E-state index contributed by atoms with van der Waals surface area (Å²) in [6.45, 7) is 0. The van der Waals surface area contributed by atoms with Gasteiger partial charge in [0, 0.05) is 47.9 Å². The SMILES string of the molecule is [Cl][Sn]([Cl])([Cl])[Cl].[Ti].[Zr]. The Morgan fingerprint density at radius 2 is 0.857 bits per heavy atom. The summed E-state index contributed by atoms with van der Waals surface area (Å²) in [6.07, 6.45) is 0. The topological polar surface area (TPSA) is 0 Å². The van der Waals surface area contributed by atoms with E-state index in [1.165, 1.54) is 0 Å². The van der Waals surface area contributed by atoms with E-state index < -0.39 is 13.9 Å². The van der Waals surface area contributed by atoms with Gasteiger partial charge in [0.25, 0.3) is 0 Å². The minimum atomic E-state index is -3.29. The first-order valence-electron chi connectivity index (χ1n) is 0.756. The molecule has 0 spiro atoms. The first-order valence-corrected chi connectivity index (χ1v) is 15.2. The largest absolute Gasteiger partial charge is 0 e. The van der Waals surface area contributed by atoms with Crippen LogP contribution in [0.5, 0.6) is 0 Å². The molecule has 0 aliphatic carbocycles. The van der Waals surface area contributed by atoms with Crippen LogP contribution in [0.1, 0.15) is 0 Å². The second-order valence-corrected chi connectivity index (χ2v) is 25.9. The van der Waals surface area contributed by atoms with E-state index in [1.54, 1.807) is 0 Å². The maximum atomic E-state index is 5.04. The number of halogens is 4. The number of hydrogen-bond acceptors (Lipinski definition) is 0. The van der Waals surface area contributed by atoms with Crippen molar-refractivity contribution in [1.82, 2.24) is 0 Å². The fourth-order valence-corrected chi connectivity index (χ4v) is 0. The molecule has 0 aliphatic heterocycles. The molecule has 0 N–H and O–H groups in total. The molecule has 0 aromatic carbocycles. The van der Waals surface area contributed by atoms with Crippen molar-refractivity contribution < 1.29 is 47.9 Å². The minimum absolute atomic E-state index is 0. The molecule has 0 aliphatic rings. The molecule has 0 unspecified atom stereocenters. The summed E-state index contributed by atoms with van der Waals surface area (Å²) in [7, 11) is 20.1. The van der Waals surface area contributed by atoms with Crippen molar-refractivity contribution in [3.05, 3.63) is 0 Å². The summed E-state index contributed by atoms with van der Waals surface area (Å²) in [5.41, 5.74) is 0. The van der Waals surface area contributed by atoms with Crippen molar-refractivity contribution in [2.24, 2.45) is 0 Å². The van der Waals surface area contributed by atoms with Gasteiger partial charge in [0.1, 0.15) is 0 Å². The van der Waals surface area contributed by atoms with Crippen LogP contribution in [0.3, 0.4) is 0 Å². The van der Waals surface area contributed by atoms with Gasteiger partial charge in [-0.05, 0) is 0 Å². The van der Waals surface area contributed by atoms with Crippen LogP contribution in [0.4, 0.5) is 0 Å². The molecule has 0 atom stereocenters. The van der Waals surface area contributed by atoms with Gasteiger partial charge in [-0.2, -0.15) is 0 Å². The van der Waals surface area contributed by atoms with Gasteiger partial charge < -0.3 is 0 Å². The van der Waals surface area contributed by atoms with Crippen molar-refractivity contribution in [2.45, 2.75) is 0 Å². The van der Waals surface area contributed by atoms with Gasteiger partial charge >= 0.3 is 49.6 Å². The third kappa shape index (κ3) is 43.1. The van der Waals surface area contributed by atoms with Crippen LogP contribution in [-0.4, -0.2) is 13.9 Å². The zero-order chi connectivity index (χ0) is 4.50.